The van der Waals surface area contributed by atoms with Gasteiger partial charge in [-0.05, 0) is 12.5 Å². The van der Waals surface area contributed by atoms with Crippen LogP contribution in [0.2, 0.25) is 0 Å². The number of ether oxygens (including phenoxy) is 2. The van der Waals surface area contributed by atoms with Crippen molar-refractivity contribution in [1.82, 2.24) is 0 Å². The summed E-state index contributed by atoms with van der Waals surface area (Å²) < 4.78 is 10.5. The van der Waals surface area contributed by atoms with E-state index in [4.69, 9.17) is 15.2 Å². The zero-order valence-corrected chi connectivity index (χ0v) is 8.70. The molecule has 0 spiro atoms. The van der Waals surface area contributed by atoms with Gasteiger partial charge in [0.1, 0.15) is 6.10 Å². The van der Waals surface area contributed by atoms with Gasteiger partial charge >= 0.3 is 5.97 Å². The van der Waals surface area contributed by atoms with Gasteiger partial charge in [-0.3, -0.25) is 4.79 Å². The Bertz CT molecular complexity index is 178. The van der Waals surface area contributed by atoms with E-state index >= 15 is 0 Å². The standard InChI is InChI=1S/C10H19NO3/c1-8(7-11)6-10(12)14-9-2-4-13-5-3-9/h8-9H,2-7,11H2,1H3. The molecule has 0 radical (unpaired) electrons. The molecule has 1 aliphatic rings. The summed E-state index contributed by atoms with van der Waals surface area (Å²) in [4.78, 5) is 11.4. The maximum Gasteiger partial charge on any atom is 0.306 e. The lowest BCUT2D eigenvalue weighted by molar-refractivity contribution is -0.154. The summed E-state index contributed by atoms with van der Waals surface area (Å²) in [5.74, 6) is 0.0807. The number of carbonyl (C=O) groups is 1. The van der Waals surface area contributed by atoms with Crippen LogP contribution < -0.4 is 5.73 Å². The van der Waals surface area contributed by atoms with E-state index in [0.717, 1.165) is 12.8 Å². The molecule has 0 aromatic rings. The fraction of sp³-hybridized carbons (Fsp3) is 0.900. The summed E-state index contributed by atoms with van der Waals surface area (Å²) in [6.07, 6.45) is 2.13. The SMILES string of the molecule is CC(CN)CC(=O)OC1CCOCC1. The average Bonchev–Trinajstić information content (AvgIpc) is 2.19. The Balaban J connectivity index is 2.18. The van der Waals surface area contributed by atoms with Crippen molar-refractivity contribution in [2.75, 3.05) is 19.8 Å². The summed E-state index contributed by atoms with van der Waals surface area (Å²) in [5, 5.41) is 0. The second-order valence-corrected chi connectivity index (χ2v) is 3.85. The van der Waals surface area contributed by atoms with Crippen molar-refractivity contribution in [3.63, 3.8) is 0 Å². The van der Waals surface area contributed by atoms with Crippen LogP contribution in [0.3, 0.4) is 0 Å². The van der Waals surface area contributed by atoms with E-state index in [1.807, 2.05) is 6.92 Å². The highest BCUT2D eigenvalue weighted by Crippen LogP contribution is 2.12. The number of carbonyl (C=O) groups excluding carboxylic acids is 1. The van der Waals surface area contributed by atoms with Crippen LogP contribution in [0.25, 0.3) is 0 Å². The van der Waals surface area contributed by atoms with Crippen molar-refractivity contribution in [2.45, 2.75) is 32.3 Å². The van der Waals surface area contributed by atoms with Crippen molar-refractivity contribution in [3.05, 3.63) is 0 Å². The maximum absolute atomic E-state index is 11.4. The van der Waals surface area contributed by atoms with Gasteiger partial charge < -0.3 is 15.2 Å². The summed E-state index contributed by atoms with van der Waals surface area (Å²) in [7, 11) is 0. The molecule has 4 heteroatoms. The molecule has 1 fully saturated rings. The third kappa shape index (κ3) is 4.07. The first kappa shape index (κ1) is 11.5. The first-order valence-corrected chi connectivity index (χ1v) is 5.19. The van der Waals surface area contributed by atoms with Gasteiger partial charge in [-0.2, -0.15) is 0 Å². The van der Waals surface area contributed by atoms with Gasteiger partial charge in [0.05, 0.1) is 13.2 Å². The van der Waals surface area contributed by atoms with E-state index in [0.29, 0.717) is 26.2 Å². The molecule has 4 nitrogen and oxygen atoms in total. The van der Waals surface area contributed by atoms with Gasteiger partial charge in [-0.1, -0.05) is 6.92 Å². The highest BCUT2D eigenvalue weighted by Gasteiger charge is 2.18. The molecule has 0 aromatic carbocycles. The van der Waals surface area contributed by atoms with Crippen LogP contribution in [0, 0.1) is 5.92 Å². The lowest BCUT2D eigenvalue weighted by atomic mass is 10.1. The number of nitrogens with two attached hydrogens (primary N) is 1. The van der Waals surface area contributed by atoms with Gasteiger partial charge in [-0.25, -0.2) is 0 Å². The van der Waals surface area contributed by atoms with Gasteiger partial charge in [0.25, 0.3) is 0 Å². The lowest BCUT2D eigenvalue weighted by Gasteiger charge is -2.22. The Morgan fingerprint density at radius 1 is 1.57 bits per heavy atom. The molecule has 2 N–H and O–H groups in total. The average molecular weight is 201 g/mol. The molecule has 1 unspecified atom stereocenters. The van der Waals surface area contributed by atoms with Crippen molar-refractivity contribution in [2.24, 2.45) is 11.7 Å². The molecule has 0 aliphatic carbocycles. The van der Waals surface area contributed by atoms with Crippen molar-refractivity contribution in [1.29, 1.82) is 0 Å². The van der Waals surface area contributed by atoms with E-state index in [1.54, 1.807) is 0 Å². The molecule has 1 heterocycles. The minimum Gasteiger partial charge on any atom is -0.462 e. The topological polar surface area (TPSA) is 61.6 Å². The van der Waals surface area contributed by atoms with Crippen LogP contribution >= 0.6 is 0 Å². The minimum absolute atomic E-state index is 0.0567. The number of esters is 1. The van der Waals surface area contributed by atoms with Gasteiger partial charge in [0.2, 0.25) is 0 Å². The molecule has 82 valence electrons. The van der Waals surface area contributed by atoms with Gasteiger partial charge in [-0.15, -0.1) is 0 Å². The Labute approximate surface area is 84.7 Å². The largest absolute Gasteiger partial charge is 0.462 e. The second kappa shape index (κ2) is 5.98. The fourth-order valence-corrected chi connectivity index (χ4v) is 1.40. The predicted octanol–water partition coefficient (Wildman–Crippen LogP) is 0.694. The normalized spacial score (nSPS) is 20.4. The Hall–Kier alpha value is -0.610. The zero-order valence-electron chi connectivity index (χ0n) is 8.70. The summed E-state index contributed by atoms with van der Waals surface area (Å²) >= 11 is 0. The third-order valence-electron chi connectivity index (χ3n) is 2.38. The predicted molar refractivity (Wildman–Crippen MR) is 52.8 cm³/mol. The van der Waals surface area contributed by atoms with E-state index in [1.165, 1.54) is 0 Å². The van der Waals surface area contributed by atoms with Crippen LogP contribution in [0.5, 0.6) is 0 Å². The molecule has 0 amide bonds. The van der Waals surface area contributed by atoms with Crippen LogP contribution in [-0.4, -0.2) is 31.8 Å². The quantitative estimate of drug-likeness (QED) is 0.680. The third-order valence-corrected chi connectivity index (χ3v) is 2.38. The Kier molecular flexibility index (Phi) is 4.90. The zero-order chi connectivity index (χ0) is 10.4. The van der Waals surface area contributed by atoms with Crippen LogP contribution in [0.4, 0.5) is 0 Å². The summed E-state index contributed by atoms with van der Waals surface area (Å²) in [6, 6.07) is 0. The molecule has 0 aromatic heterocycles. The molecular formula is C10H19NO3. The first-order valence-electron chi connectivity index (χ1n) is 5.19. The molecule has 1 rings (SSSR count). The number of hydrogen-bond donors (Lipinski definition) is 1. The van der Waals surface area contributed by atoms with Gasteiger partial charge in [0.15, 0.2) is 0 Å². The first-order chi connectivity index (χ1) is 6.72. The van der Waals surface area contributed by atoms with E-state index in [2.05, 4.69) is 0 Å². The van der Waals surface area contributed by atoms with E-state index in [-0.39, 0.29) is 18.0 Å². The van der Waals surface area contributed by atoms with Crippen LogP contribution in [0.15, 0.2) is 0 Å². The molecule has 1 aliphatic heterocycles. The van der Waals surface area contributed by atoms with Crippen molar-refractivity contribution < 1.29 is 14.3 Å². The van der Waals surface area contributed by atoms with Crippen LogP contribution in [-0.2, 0) is 14.3 Å². The number of hydrogen-bond acceptors (Lipinski definition) is 4. The molecule has 14 heavy (non-hydrogen) atoms. The van der Waals surface area contributed by atoms with E-state index < -0.39 is 0 Å². The highest BCUT2D eigenvalue weighted by molar-refractivity contribution is 5.69. The van der Waals surface area contributed by atoms with Crippen molar-refractivity contribution >= 4 is 5.97 Å². The molecule has 1 atom stereocenters. The molecule has 0 saturated carbocycles. The van der Waals surface area contributed by atoms with E-state index in [9.17, 15) is 4.79 Å². The fourth-order valence-electron chi connectivity index (χ4n) is 1.40. The highest BCUT2D eigenvalue weighted by atomic mass is 16.6. The minimum atomic E-state index is -0.130. The Morgan fingerprint density at radius 2 is 2.21 bits per heavy atom. The molecule has 0 bridgehead atoms. The smallest absolute Gasteiger partial charge is 0.306 e. The number of rotatable bonds is 4. The lowest BCUT2D eigenvalue weighted by Crippen LogP contribution is -2.27. The second-order valence-electron chi connectivity index (χ2n) is 3.85. The molecular weight excluding hydrogens is 182 g/mol. The maximum atomic E-state index is 11.4. The monoisotopic (exact) mass is 201 g/mol. The van der Waals surface area contributed by atoms with Crippen LogP contribution in [0.1, 0.15) is 26.2 Å². The van der Waals surface area contributed by atoms with Gasteiger partial charge in [0, 0.05) is 19.3 Å². The Morgan fingerprint density at radius 3 is 2.79 bits per heavy atom. The molecule has 1 saturated heterocycles. The summed E-state index contributed by atoms with van der Waals surface area (Å²) in [6.45, 7) is 3.88. The van der Waals surface area contributed by atoms with Crippen molar-refractivity contribution in [3.8, 4) is 0 Å². The summed E-state index contributed by atoms with van der Waals surface area (Å²) in [5.41, 5.74) is 5.43.